The number of benzene rings is 2. The molecule has 1 N–H and O–H groups in total. The Morgan fingerprint density at radius 2 is 1.94 bits per heavy atom. The van der Waals surface area contributed by atoms with E-state index in [-0.39, 0.29) is 5.69 Å². The van der Waals surface area contributed by atoms with Gasteiger partial charge in [-0.05, 0) is 29.8 Å². The number of ether oxygens (including phenoxy) is 1. The number of hydrogen-bond acceptors (Lipinski definition) is 6. The third-order valence-electron chi connectivity index (χ3n) is 5.04. The molecule has 0 saturated carbocycles. The van der Waals surface area contributed by atoms with Crippen LogP contribution in [0.1, 0.15) is 0 Å². The number of carbonyl (C=O) groups is 1. The molecule has 3 aromatic heterocycles. The van der Waals surface area contributed by atoms with Gasteiger partial charge in [-0.1, -0.05) is 12.1 Å². The summed E-state index contributed by atoms with van der Waals surface area (Å²) in [7, 11) is 1.60. The second-order valence-corrected chi connectivity index (χ2v) is 7.99. The number of anilines is 1. The van der Waals surface area contributed by atoms with Gasteiger partial charge in [0.2, 0.25) is 5.91 Å². The van der Waals surface area contributed by atoms with E-state index in [0.717, 1.165) is 33.7 Å². The Balaban J connectivity index is 1.47. The summed E-state index contributed by atoms with van der Waals surface area (Å²) in [6.07, 6.45) is 1.37. The second kappa shape index (κ2) is 8.10. The molecule has 0 bridgehead atoms. The zero-order chi connectivity index (χ0) is 23.1. The van der Waals surface area contributed by atoms with Gasteiger partial charge in [-0.3, -0.25) is 4.79 Å². The number of methoxy groups -OCH3 is 1. The van der Waals surface area contributed by atoms with Crippen LogP contribution in [0.15, 0.2) is 59.0 Å². The van der Waals surface area contributed by atoms with Crippen LogP contribution in [-0.4, -0.2) is 32.2 Å². The highest BCUT2D eigenvalue weighted by molar-refractivity contribution is 7.18. The van der Waals surface area contributed by atoms with Crippen molar-refractivity contribution in [2.75, 3.05) is 12.4 Å². The first-order valence-electron chi connectivity index (χ1n) is 9.69. The van der Waals surface area contributed by atoms with Crippen LogP contribution in [-0.2, 0) is 11.3 Å². The van der Waals surface area contributed by atoms with E-state index in [1.807, 2.05) is 29.6 Å². The molecule has 33 heavy (non-hydrogen) atoms. The number of nitrogens with one attached hydrogen (secondary N) is 1. The molecule has 2 aromatic carbocycles. The summed E-state index contributed by atoms with van der Waals surface area (Å²) in [5.74, 6) is -1.98. The summed E-state index contributed by atoms with van der Waals surface area (Å²) in [5, 5.41) is 8.66. The van der Waals surface area contributed by atoms with Gasteiger partial charge < -0.3 is 10.1 Å². The fourth-order valence-corrected chi connectivity index (χ4v) is 4.42. The van der Waals surface area contributed by atoms with Gasteiger partial charge in [-0.2, -0.15) is 0 Å². The molecular weight excluding hydrogens is 452 g/mol. The van der Waals surface area contributed by atoms with Crippen LogP contribution in [0.3, 0.4) is 0 Å². The van der Waals surface area contributed by atoms with Crippen molar-refractivity contribution in [3.8, 4) is 16.9 Å². The minimum absolute atomic E-state index is 0.0714. The molecule has 8 nitrogen and oxygen atoms in total. The van der Waals surface area contributed by atoms with E-state index < -0.39 is 29.8 Å². The zero-order valence-electron chi connectivity index (χ0n) is 17.1. The van der Waals surface area contributed by atoms with Gasteiger partial charge in [0.1, 0.15) is 18.6 Å². The summed E-state index contributed by atoms with van der Waals surface area (Å²) in [4.78, 5) is 29.5. The van der Waals surface area contributed by atoms with Crippen LogP contribution in [0.5, 0.6) is 5.75 Å². The Kier molecular flexibility index (Phi) is 5.09. The molecule has 0 aliphatic rings. The summed E-state index contributed by atoms with van der Waals surface area (Å²) in [6.45, 7) is -0.405. The first-order valence-corrected chi connectivity index (χ1v) is 10.6. The molecule has 5 rings (SSSR count). The van der Waals surface area contributed by atoms with Crippen molar-refractivity contribution in [3.63, 3.8) is 0 Å². The Bertz CT molecular complexity index is 1570. The van der Waals surface area contributed by atoms with Crippen LogP contribution in [0.4, 0.5) is 14.5 Å². The van der Waals surface area contributed by atoms with E-state index >= 15 is 0 Å². The lowest BCUT2D eigenvalue weighted by molar-refractivity contribution is -0.117. The van der Waals surface area contributed by atoms with Crippen molar-refractivity contribution in [2.45, 2.75) is 6.54 Å². The molecule has 0 atom stereocenters. The molecule has 0 fully saturated rings. The predicted octanol–water partition coefficient (Wildman–Crippen LogP) is 3.70. The average Bonchev–Trinajstić information content (AvgIpc) is 3.38. The van der Waals surface area contributed by atoms with Crippen molar-refractivity contribution in [1.82, 2.24) is 19.2 Å². The van der Waals surface area contributed by atoms with Gasteiger partial charge in [0, 0.05) is 22.7 Å². The lowest BCUT2D eigenvalue weighted by Gasteiger charge is -2.05. The largest absolute Gasteiger partial charge is 0.497 e. The van der Waals surface area contributed by atoms with Crippen LogP contribution in [0.2, 0.25) is 0 Å². The normalized spacial score (nSPS) is 11.2. The number of rotatable bonds is 5. The number of amides is 1. The van der Waals surface area contributed by atoms with Gasteiger partial charge in [0.15, 0.2) is 17.3 Å². The summed E-state index contributed by atoms with van der Waals surface area (Å²) < 4.78 is 34.6. The Morgan fingerprint density at radius 3 is 2.67 bits per heavy atom. The first-order chi connectivity index (χ1) is 15.9. The molecule has 0 spiro atoms. The molecule has 0 radical (unpaired) electrons. The standard InChI is InChI=1S/C22H15F2N5O3S/c1-32-14-5-2-12(3-6-14)15-10-33-20-19(15)25-11-28-21(20)27-29(22(28)31)9-18(30)26-13-4-7-16(23)17(24)8-13/h2-8,10-11H,9H2,1H3,(H,26,30). The van der Waals surface area contributed by atoms with Crippen LogP contribution >= 0.6 is 11.3 Å². The third kappa shape index (κ3) is 3.72. The molecule has 1 amide bonds. The monoisotopic (exact) mass is 467 g/mol. The fraction of sp³-hybridized carbons (Fsp3) is 0.0909. The topological polar surface area (TPSA) is 90.5 Å². The second-order valence-electron chi connectivity index (χ2n) is 7.11. The smallest absolute Gasteiger partial charge is 0.352 e. The molecule has 0 aliphatic carbocycles. The highest BCUT2D eigenvalue weighted by Gasteiger charge is 2.17. The van der Waals surface area contributed by atoms with Gasteiger partial charge in [-0.25, -0.2) is 27.6 Å². The highest BCUT2D eigenvalue weighted by atomic mass is 32.1. The number of aromatic nitrogens is 4. The molecule has 11 heteroatoms. The first kappa shape index (κ1) is 20.8. The van der Waals surface area contributed by atoms with E-state index in [4.69, 9.17) is 4.74 Å². The summed E-state index contributed by atoms with van der Waals surface area (Å²) in [6, 6.07) is 10.5. The maximum Gasteiger partial charge on any atom is 0.352 e. The number of fused-ring (bicyclic) bond motifs is 3. The van der Waals surface area contributed by atoms with E-state index in [2.05, 4.69) is 15.4 Å². The molecule has 0 saturated heterocycles. The summed E-state index contributed by atoms with van der Waals surface area (Å²) >= 11 is 1.39. The van der Waals surface area contributed by atoms with Crippen molar-refractivity contribution >= 4 is 38.8 Å². The van der Waals surface area contributed by atoms with E-state index in [0.29, 0.717) is 15.9 Å². The number of nitrogens with zero attached hydrogens (tertiary/aromatic N) is 4. The van der Waals surface area contributed by atoms with Crippen LogP contribution in [0.25, 0.3) is 27.0 Å². The maximum absolute atomic E-state index is 13.4. The highest BCUT2D eigenvalue weighted by Crippen LogP contribution is 2.34. The van der Waals surface area contributed by atoms with Crippen molar-refractivity contribution in [1.29, 1.82) is 0 Å². The molecule has 0 aliphatic heterocycles. The molecular formula is C22H15F2N5O3S. The zero-order valence-corrected chi connectivity index (χ0v) is 17.9. The minimum atomic E-state index is -1.09. The van der Waals surface area contributed by atoms with E-state index in [1.165, 1.54) is 28.1 Å². The predicted molar refractivity (Wildman–Crippen MR) is 120 cm³/mol. The van der Waals surface area contributed by atoms with E-state index in [9.17, 15) is 18.4 Å². The Hall–Kier alpha value is -4.12. The third-order valence-corrected chi connectivity index (χ3v) is 6.00. The molecule has 0 unspecified atom stereocenters. The van der Waals surface area contributed by atoms with Crippen LogP contribution in [0, 0.1) is 11.6 Å². The van der Waals surface area contributed by atoms with E-state index in [1.54, 1.807) is 7.11 Å². The van der Waals surface area contributed by atoms with Gasteiger partial charge in [-0.15, -0.1) is 16.4 Å². The molecule has 166 valence electrons. The van der Waals surface area contributed by atoms with Crippen LogP contribution < -0.4 is 15.7 Å². The quantitative estimate of drug-likeness (QED) is 0.426. The minimum Gasteiger partial charge on any atom is -0.497 e. The van der Waals surface area contributed by atoms with Gasteiger partial charge in [0.05, 0.1) is 17.3 Å². The Morgan fingerprint density at radius 1 is 1.15 bits per heavy atom. The van der Waals surface area contributed by atoms with Crippen molar-refractivity contribution in [2.24, 2.45) is 0 Å². The Labute approximate surface area is 188 Å². The number of hydrogen-bond donors (Lipinski definition) is 1. The molecule has 5 aromatic rings. The van der Waals surface area contributed by atoms with Gasteiger partial charge >= 0.3 is 5.69 Å². The number of halogens is 2. The van der Waals surface area contributed by atoms with Crippen molar-refractivity contribution in [3.05, 3.63) is 76.3 Å². The maximum atomic E-state index is 13.4. The summed E-state index contributed by atoms with van der Waals surface area (Å²) in [5.41, 5.74) is 2.41. The number of carbonyl (C=O) groups excluding carboxylic acids is 1. The van der Waals surface area contributed by atoms with Gasteiger partial charge in [0.25, 0.3) is 0 Å². The van der Waals surface area contributed by atoms with Crippen molar-refractivity contribution < 1.29 is 18.3 Å². The lowest BCUT2D eigenvalue weighted by atomic mass is 10.1. The fourth-order valence-electron chi connectivity index (χ4n) is 3.42. The number of thiophene rings is 1. The average molecular weight is 467 g/mol. The SMILES string of the molecule is COc1ccc(-c2csc3c2ncn2c(=O)n(CC(=O)Nc4ccc(F)c(F)c4)nc32)cc1. The molecule has 3 heterocycles. The lowest BCUT2D eigenvalue weighted by Crippen LogP contribution is -2.28.